The standard InChI is InChI=1S/C16H25N3O3S/c1-12-10-14(8-9-17-12)16(20)18-11-13-4-6-15(7-5-13)23(21,22)19(2)3/h4-7,12,14,17H,8-11H2,1-3H3,(H,18,20)/t12-,14-/m0/s1. The second-order valence-corrected chi connectivity index (χ2v) is 8.38. The Labute approximate surface area is 138 Å². The van der Waals surface area contributed by atoms with Crippen molar-refractivity contribution in [2.24, 2.45) is 5.92 Å². The Balaban J connectivity index is 1.93. The van der Waals surface area contributed by atoms with E-state index in [1.165, 1.54) is 18.4 Å². The molecule has 128 valence electrons. The molecule has 0 saturated carbocycles. The molecule has 1 aromatic carbocycles. The van der Waals surface area contributed by atoms with Crippen LogP contribution in [0.4, 0.5) is 0 Å². The van der Waals surface area contributed by atoms with Gasteiger partial charge in [-0.2, -0.15) is 0 Å². The maximum Gasteiger partial charge on any atom is 0.242 e. The van der Waals surface area contributed by atoms with Gasteiger partial charge in [0.2, 0.25) is 15.9 Å². The second-order valence-electron chi connectivity index (χ2n) is 6.23. The molecule has 0 bridgehead atoms. The highest BCUT2D eigenvalue weighted by molar-refractivity contribution is 7.89. The summed E-state index contributed by atoms with van der Waals surface area (Å²) in [5, 5.41) is 6.27. The lowest BCUT2D eigenvalue weighted by Crippen LogP contribution is -2.42. The molecule has 1 aromatic rings. The molecule has 1 saturated heterocycles. The third-order valence-corrected chi connectivity index (χ3v) is 5.99. The first-order valence-corrected chi connectivity index (χ1v) is 9.27. The number of carbonyl (C=O) groups is 1. The van der Waals surface area contributed by atoms with Crippen molar-refractivity contribution >= 4 is 15.9 Å². The molecule has 1 heterocycles. The van der Waals surface area contributed by atoms with Crippen LogP contribution in [0, 0.1) is 5.92 Å². The van der Waals surface area contributed by atoms with E-state index in [0.717, 1.165) is 24.9 Å². The van der Waals surface area contributed by atoms with Crippen LogP contribution in [0.3, 0.4) is 0 Å². The molecule has 0 spiro atoms. The molecule has 0 aliphatic carbocycles. The Morgan fingerprint density at radius 1 is 1.30 bits per heavy atom. The smallest absolute Gasteiger partial charge is 0.242 e. The third-order valence-electron chi connectivity index (χ3n) is 4.16. The first-order valence-electron chi connectivity index (χ1n) is 7.83. The van der Waals surface area contributed by atoms with Crippen LogP contribution in [0.2, 0.25) is 0 Å². The Bertz CT molecular complexity index is 641. The SMILES string of the molecule is C[C@H]1C[C@@H](C(=O)NCc2ccc(S(=O)(=O)N(C)C)cc2)CCN1. The van der Waals surface area contributed by atoms with E-state index in [-0.39, 0.29) is 16.7 Å². The number of nitrogens with one attached hydrogen (secondary N) is 2. The molecule has 7 heteroatoms. The maximum atomic E-state index is 12.2. The fraction of sp³-hybridized carbons (Fsp3) is 0.562. The minimum Gasteiger partial charge on any atom is -0.352 e. The summed E-state index contributed by atoms with van der Waals surface area (Å²) in [6.45, 7) is 3.37. The minimum absolute atomic E-state index is 0.0552. The zero-order valence-corrected chi connectivity index (χ0v) is 14.7. The lowest BCUT2D eigenvalue weighted by atomic mass is 9.92. The number of benzene rings is 1. The number of rotatable bonds is 5. The van der Waals surface area contributed by atoms with E-state index in [1.54, 1.807) is 24.3 Å². The highest BCUT2D eigenvalue weighted by Crippen LogP contribution is 2.17. The highest BCUT2D eigenvalue weighted by atomic mass is 32.2. The molecule has 1 amide bonds. The van der Waals surface area contributed by atoms with E-state index >= 15 is 0 Å². The Hall–Kier alpha value is -1.44. The molecule has 6 nitrogen and oxygen atoms in total. The van der Waals surface area contributed by atoms with Gasteiger partial charge in [0.1, 0.15) is 0 Å². The van der Waals surface area contributed by atoms with Crippen LogP contribution in [0.5, 0.6) is 0 Å². The van der Waals surface area contributed by atoms with Gasteiger partial charge in [0.25, 0.3) is 0 Å². The molecule has 2 rings (SSSR count). The minimum atomic E-state index is -3.41. The van der Waals surface area contributed by atoms with Crippen molar-refractivity contribution in [3.8, 4) is 0 Å². The quantitative estimate of drug-likeness (QED) is 0.837. The zero-order valence-electron chi connectivity index (χ0n) is 13.9. The molecule has 2 N–H and O–H groups in total. The zero-order chi connectivity index (χ0) is 17.0. The highest BCUT2D eigenvalue weighted by Gasteiger charge is 2.24. The van der Waals surface area contributed by atoms with E-state index < -0.39 is 10.0 Å². The number of sulfonamides is 1. The molecule has 1 fully saturated rings. The normalized spacial score (nSPS) is 22.1. The Kier molecular flexibility index (Phi) is 5.78. The number of piperidine rings is 1. The van der Waals surface area contributed by atoms with Gasteiger partial charge in [-0.25, -0.2) is 12.7 Å². The largest absolute Gasteiger partial charge is 0.352 e. The Morgan fingerprint density at radius 3 is 2.52 bits per heavy atom. The summed E-state index contributed by atoms with van der Waals surface area (Å²) in [5.41, 5.74) is 0.887. The van der Waals surface area contributed by atoms with E-state index in [2.05, 4.69) is 17.6 Å². The van der Waals surface area contributed by atoms with Crippen molar-refractivity contribution in [1.29, 1.82) is 0 Å². The van der Waals surface area contributed by atoms with Crippen molar-refractivity contribution in [2.45, 2.75) is 37.2 Å². The van der Waals surface area contributed by atoms with E-state index in [1.807, 2.05) is 0 Å². The predicted octanol–water partition coefficient (Wildman–Crippen LogP) is 0.941. The van der Waals surface area contributed by atoms with Crippen LogP contribution in [-0.4, -0.2) is 45.3 Å². The summed E-state index contributed by atoms with van der Waals surface area (Å²) in [6, 6.07) is 6.99. The van der Waals surface area contributed by atoms with Crippen molar-refractivity contribution in [1.82, 2.24) is 14.9 Å². The average molecular weight is 339 g/mol. The molecule has 1 aliphatic heterocycles. The van der Waals surface area contributed by atoms with Crippen molar-refractivity contribution in [3.63, 3.8) is 0 Å². The number of hydrogen-bond donors (Lipinski definition) is 2. The van der Waals surface area contributed by atoms with Gasteiger partial charge in [0.15, 0.2) is 0 Å². The molecule has 2 atom stereocenters. The summed E-state index contributed by atoms with van der Waals surface area (Å²) in [5.74, 6) is 0.128. The molecule has 23 heavy (non-hydrogen) atoms. The molecule has 0 radical (unpaired) electrons. The van der Waals surface area contributed by atoms with Crippen LogP contribution in [-0.2, 0) is 21.4 Å². The summed E-state index contributed by atoms with van der Waals surface area (Å²) < 4.78 is 25.2. The Morgan fingerprint density at radius 2 is 1.96 bits per heavy atom. The van der Waals surface area contributed by atoms with Crippen molar-refractivity contribution < 1.29 is 13.2 Å². The number of amides is 1. The fourth-order valence-electron chi connectivity index (χ4n) is 2.69. The van der Waals surface area contributed by atoms with Crippen LogP contribution in [0.25, 0.3) is 0 Å². The third kappa shape index (κ3) is 4.53. The second kappa shape index (κ2) is 7.42. The van der Waals surface area contributed by atoms with E-state index in [4.69, 9.17) is 0 Å². The van der Waals surface area contributed by atoms with Gasteiger partial charge in [0.05, 0.1) is 4.90 Å². The molecule has 0 unspecified atom stereocenters. The van der Waals surface area contributed by atoms with Gasteiger partial charge in [-0.3, -0.25) is 4.79 Å². The lowest BCUT2D eigenvalue weighted by Gasteiger charge is -2.27. The van der Waals surface area contributed by atoms with Gasteiger partial charge in [0, 0.05) is 32.6 Å². The van der Waals surface area contributed by atoms with Gasteiger partial charge in [-0.1, -0.05) is 12.1 Å². The van der Waals surface area contributed by atoms with Gasteiger partial charge in [-0.05, 0) is 44.0 Å². The topological polar surface area (TPSA) is 78.5 Å². The number of hydrogen-bond acceptors (Lipinski definition) is 4. The first kappa shape index (κ1) is 17.9. The summed E-state index contributed by atoms with van der Waals surface area (Å²) in [4.78, 5) is 12.4. The van der Waals surface area contributed by atoms with Gasteiger partial charge < -0.3 is 10.6 Å². The van der Waals surface area contributed by atoms with Crippen molar-refractivity contribution in [2.75, 3.05) is 20.6 Å². The van der Waals surface area contributed by atoms with Crippen LogP contribution < -0.4 is 10.6 Å². The van der Waals surface area contributed by atoms with E-state index in [0.29, 0.717) is 12.6 Å². The number of carbonyl (C=O) groups excluding carboxylic acids is 1. The van der Waals surface area contributed by atoms with Crippen molar-refractivity contribution in [3.05, 3.63) is 29.8 Å². The molecule has 0 aromatic heterocycles. The van der Waals surface area contributed by atoms with Crippen LogP contribution in [0.15, 0.2) is 29.2 Å². The van der Waals surface area contributed by atoms with Gasteiger partial charge >= 0.3 is 0 Å². The molecular formula is C16H25N3O3S. The maximum absolute atomic E-state index is 12.2. The van der Waals surface area contributed by atoms with Crippen LogP contribution >= 0.6 is 0 Å². The first-order chi connectivity index (χ1) is 10.8. The lowest BCUT2D eigenvalue weighted by molar-refractivity contribution is -0.126. The monoisotopic (exact) mass is 339 g/mol. The summed E-state index contributed by atoms with van der Waals surface area (Å²) in [7, 11) is -0.402. The number of nitrogens with zero attached hydrogens (tertiary/aromatic N) is 1. The molecule has 1 aliphatic rings. The van der Waals surface area contributed by atoms with Crippen LogP contribution in [0.1, 0.15) is 25.3 Å². The van der Waals surface area contributed by atoms with Gasteiger partial charge in [-0.15, -0.1) is 0 Å². The van der Waals surface area contributed by atoms with E-state index in [9.17, 15) is 13.2 Å². The average Bonchev–Trinajstić information content (AvgIpc) is 2.52. The summed E-state index contributed by atoms with van der Waals surface area (Å²) >= 11 is 0. The summed E-state index contributed by atoms with van der Waals surface area (Å²) in [6.07, 6.45) is 1.71. The molecular weight excluding hydrogens is 314 g/mol. The predicted molar refractivity (Wildman–Crippen MR) is 89.4 cm³/mol. The fourth-order valence-corrected chi connectivity index (χ4v) is 3.60.